The van der Waals surface area contributed by atoms with Gasteiger partial charge in [0.25, 0.3) is 0 Å². The van der Waals surface area contributed by atoms with E-state index in [1.165, 1.54) is 18.4 Å². The number of nitrogens with zero attached hydrogens (tertiary/aromatic N) is 4. The van der Waals surface area contributed by atoms with E-state index in [1.807, 2.05) is 57.2 Å². The molecule has 0 atom stereocenters. The number of hydrogen-bond donors (Lipinski definition) is 1. The van der Waals surface area contributed by atoms with E-state index in [9.17, 15) is 4.79 Å². The molecule has 0 aliphatic rings. The van der Waals surface area contributed by atoms with Gasteiger partial charge in [-0.25, -0.2) is 24.7 Å². The predicted molar refractivity (Wildman–Crippen MR) is 114 cm³/mol. The summed E-state index contributed by atoms with van der Waals surface area (Å²) in [6.45, 7) is 5.69. The van der Waals surface area contributed by atoms with Crippen molar-refractivity contribution >= 4 is 39.3 Å². The van der Waals surface area contributed by atoms with E-state index in [-0.39, 0.29) is 5.97 Å². The van der Waals surface area contributed by atoms with Crippen molar-refractivity contribution < 1.29 is 9.53 Å². The summed E-state index contributed by atoms with van der Waals surface area (Å²) >= 11 is 1.29. The van der Waals surface area contributed by atoms with Crippen LogP contribution >= 0.6 is 11.3 Å². The van der Waals surface area contributed by atoms with Crippen molar-refractivity contribution in [2.24, 2.45) is 0 Å². The molecule has 4 aromatic rings. The number of thiophene rings is 1. The quantitative estimate of drug-likeness (QED) is 0.496. The number of aromatic nitrogens is 4. The SMILES string of the molecule is COC(=O)c1sc2nc(-c3ccccc3)nc(Nc3nc(C)cc(C)n3)c2c1C. The Hall–Kier alpha value is -3.39. The molecule has 0 radical (unpaired) electrons. The van der Waals surface area contributed by atoms with Crippen LogP contribution in [0.1, 0.15) is 26.6 Å². The minimum Gasteiger partial charge on any atom is -0.465 e. The zero-order valence-electron chi connectivity index (χ0n) is 16.5. The summed E-state index contributed by atoms with van der Waals surface area (Å²) in [6, 6.07) is 11.6. The number of ether oxygens (including phenoxy) is 1. The van der Waals surface area contributed by atoms with Crippen LogP contribution in [0, 0.1) is 20.8 Å². The summed E-state index contributed by atoms with van der Waals surface area (Å²) in [5.41, 5.74) is 3.35. The maximum absolute atomic E-state index is 12.2. The van der Waals surface area contributed by atoms with Gasteiger partial charge < -0.3 is 10.1 Å². The molecule has 0 unspecified atom stereocenters. The molecular weight excluding hydrogens is 386 g/mol. The smallest absolute Gasteiger partial charge is 0.348 e. The van der Waals surface area contributed by atoms with Gasteiger partial charge in [-0.3, -0.25) is 0 Å². The zero-order chi connectivity index (χ0) is 20.5. The fourth-order valence-corrected chi connectivity index (χ4v) is 4.22. The minimum absolute atomic E-state index is 0.389. The van der Waals surface area contributed by atoms with Gasteiger partial charge in [0.15, 0.2) is 5.82 Å². The van der Waals surface area contributed by atoms with Gasteiger partial charge in [0.2, 0.25) is 5.95 Å². The Kier molecular flexibility index (Phi) is 4.94. The highest BCUT2D eigenvalue weighted by Crippen LogP contribution is 2.36. The van der Waals surface area contributed by atoms with Crippen LogP contribution in [0.3, 0.4) is 0 Å². The first-order valence-electron chi connectivity index (χ1n) is 9.00. The number of carbonyl (C=O) groups is 1. The molecule has 0 aliphatic heterocycles. The molecular formula is C21H19N5O2S. The molecule has 8 heteroatoms. The van der Waals surface area contributed by atoms with Crippen LogP contribution in [-0.2, 0) is 4.74 Å². The summed E-state index contributed by atoms with van der Waals surface area (Å²) in [6.07, 6.45) is 0. The normalized spacial score (nSPS) is 10.9. The Morgan fingerprint density at radius 2 is 1.69 bits per heavy atom. The molecule has 0 spiro atoms. The zero-order valence-corrected chi connectivity index (χ0v) is 17.3. The largest absolute Gasteiger partial charge is 0.465 e. The van der Waals surface area contributed by atoms with E-state index < -0.39 is 0 Å². The standard InChI is InChI=1S/C21H19N5O2S/c1-11-10-12(2)23-21(22-11)26-18-15-13(3)16(20(27)28-4)29-19(15)25-17(24-18)14-8-6-5-7-9-14/h5-10H,1-4H3,(H,22,23,24,25,26). The van der Waals surface area contributed by atoms with Crippen molar-refractivity contribution in [1.29, 1.82) is 0 Å². The fraction of sp³-hybridized carbons (Fsp3) is 0.190. The number of methoxy groups -OCH3 is 1. The minimum atomic E-state index is -0.389. The van der Waals surface area contributed by atoms with Crippen molar-refractivity contribution in [3.05, 3.63) is 58.2 Å². The van der Waals surface area contributed by atoms with Crippen molar-refractivity contribution in [2.45, 2.75) is 20.8 Å². The number of esters is 1. The van der Waals surface area contributed by atoms with Crippen LogP contribution in [-0.4, -0.2) is 33.0 Å². The number of anilines is 2. The highest BCUT2D eigenvalue weighted by atomic mass is 32.1. The maximum atomic E-state index is 12.2. The molecule has 29 heavy (non-hydrogen) atoms. The van der Waals surface area contributed by atoms with E-state index in [1.54, 1.807) is 0 Å². The Bertz CT molecular complexity index is 1200. The lowest BCUT2D eigenvalue weighted by molar-refractivity contribution is 0.0605. The Labute approximate surface area is 171 Å². The second-order valence-corrected chi connectivity index (χ2v) is 7.59. The lowest BCUT2D eigenvalue weighted by atomic mass is 10.1. The lowest BCUT2D eigenvalue weighted by Crippen LogP contribution is -2.04. The number of rotatable bonds is 4. The van der Waals surface area contributed by atoms with Crippen LogP contribution in [0.4, 0.5) is 11.8 Å². The van der Waals surface area contributed by atoms with Crippen LogP contribution in [0.2, 0.25) is 0 Å². The summed E-state index contributed by atoms with van der Waals surface area (Å²) in [5.74, 6) is 1.18. The first kappa shape index (κ1) is 18.9. The predicted octanol–water partition coefficient (Wildman–Crippen LogP) is 4.60. The lowest BCUT2D eigenvalue weighted by Gasteiger charge is -2.10. The summed E-state index contributed by atoms with van der Waals surface area (Å²) < 4.78 is 4.93. The average molecular weight is 405 g/mol. The molecule has 3 heterocycles. The van der Waals surface area contributed by atoms with E-state index in [0.29, 0.717) is 27.3 Å². The number of aryl methyl sites for hydroxylation is 3. The number of nitrogens with one attached hydrogen (secondary N) is 1. The monoisotopic (exact) mass is 405 g/mol. The number of fused-ring (bicyclic) bond motifs is 1. The van der Waals surface area contributed by atoms with Crippen LogP contribution in [0.25, 0.3) is 21.6 Å². The van der Waals surface area contributed by atoms with Crippen LogP contribution in [0.15, 0.2) is 36.4 Å². The van der Waals surface area contributed by atoms with Gasteiger partial charge in [0.05, 0.1) is 12.5 Å². The second-order valence-electron chi connectivity index (χ2n) is 6.59. The van der Waals surface area contributed by atoms with E-state index in [2.05, 4.69) is 15.3 Å². The second kappa shape index (κ2) is 7.56. The van der Waals surface area contributed by atoms with Gasteiger partial charge in [-0.2, -0.15) is 0 Å². The van der Waals surface area contributed by atoms with Gasteiger partial charge in [-0.05, 0) is 32.4 Å². The van der Waals surface area contributed by atoms with Crippen molar-refractivity contribution in [3.8, 4) is 11.4 Å². The third kappa shape index (κ3) is 3.66. The van der Waals surface area contributed by atoms with E-state index in [4.69, 9.17) is 14.7 Å². The molecule has 1 aromatic carbocycles. The van der Waals surface area contributed by atoms with Crippen molar-refractivity contribution in [3.63, 3.8) is 0 Å². The van der Waals surface area contributed by atoms with Gasteiger partial charge in [0, 0.05) is 17.0 Å². The van der Waals surface area contributed by atoms with Crippen molar-refractivity contribution in [1.82, 2.24) is 19.9 Å². The Balaban J connectivity index is 1.93. The molecule has 1 N–H and O–H groups in total. The van der Waals surface area contributed by atoms with Crippen LogP contribution in [0.5, 0.6) is 0 Å². The first-order chi connectivity index (χ1) is 14.0. The van der Waals surface area contributed by atoms with Crippen LogP contribution < -0.4 is 5.32 Å². The summed E-state index contributed by atoms with van der Waals surface area (Å²) in [4.78, 5) is 31.8. The Morgan fingerprint density at radius 3 is 2.34 bits per heavy atom. The summed E-state index contributed by atoms with van der Waals surface area (Å²) in [5, 5.41) is 3.99. The van der Waals surface area contributed by atoms with E-state index >= 15 is 0 Å². The third-order valence-corrected chi connectivity index (χ3v) is 5.57. The molecule has 0 bridgehead atoms. The average Bonchev–Trinajstić information content (AvgIpc) is 3.04. The number of carbonyl (C=O) groups excluding carboxylic acids is 1. The number of hydrogen-bond acceptors (Lipinski definition) is 8. The first-order valence-corrected chi connectivity index (χ1v) is 9.82. The molecule has 3 aromatic heterocycles. The molecule has 0 saturated carbocycles. The van der Waals surface area contributed by atoms with Crippen molar-refractivity contribution in [2.75, 3.05) is 12.4 Å². The molecule has 7 nitrogen and oxygen atoms in total. The van der Waals surface area contributed by atoms with Gasteiger partial charge in [0.1, 0.15) is 15.5 Å². The molecule has 0 amide bonds. The van der Waals surface area contributed by atoms with Gasteiger partial charge in [-0.1, -0.05) is 30.3 Å². The third-order valence-electron chi connectivity index (χ3n) is 4.41. The molecule has 4 rings (SSSR count). The number of benzene rings is 1. The molecule has 0 aliphatic carbocycles. The van der Waals surface area contributed by atoms with Gasteiger partial charge >= 0.3 is 5.97 Å². The van der Waals surface area contributed by atoms with Gasteiger partial charge in [-0.15, -0.1) is 11.3 Å². The highest BCUT2D eigenvalue weighted by molar-refractivity contribution is 7.20. The maximum Gasteiger partial charge on any atom is 0.348 e. The fourth-order valence-electron chi connectivity index (χ4n) is 3.12. The Morgan fingerprint density at radius 1 is 1.00 bits per heavy atom. The molecule has 0 fully saturated rings. The summed E-state index contributed by atoms with van der Waals surface area (Å²) in [7, 11) is 1.37. The topological polar surface area (TPSA) is 89.9 Å². The van der Waals surface area contributed by atoms with E-state index in [0.717, 1.165) is 27.9 Å². The molecule has 146 valence electrons. The molecule has 0 saturated heterocycles. The highest BCUT2D eigenvalue weighted by Gasteiger charge is 2.22.